The van der Waals surface area contributed by atoms with Crippen molar-refractivity contribution < 1.29 is 9.47 Å². The van der Waals surface area contributed by atoms with Crippen LogP contribution in [0.1, 0.15) is 34.6 Å². The van der Waals surface area contributed by atoms with Gasteiger partial charge in [-0.2, -0.15) is 0 Å². The topological polar surface area (TPSA) is 18.5 Å². The van der Waals surface area contributed by atoms with E-state index in [0.717, 1.165) is 13.2 Å². The summed E-state index contributed by atoms with van der Waals surface area (Å²) in [6.45, 7) is 12.2. The van der Waals surface area contributed by atoms with E-state index in [0.29, 0.717) is 5.92 Å². The van der Waals surface area contributed by atoms with E-state index in [4.69, 9.17) is 9.47 Å². The summed E-state index contributed by atoms with van der Waals surface area (Å²) in [7, 11) is 0. The van der Waals surface area contributed by atoms with E-state index in [1.54, 1.807) is 0 Å². The molecule has 0 aromatic rings. The molecular weight excluding hydrogens is 152 g/mol. The van der Waals surface area contributed by atoms with Gasteiger partial charge in [0, 0.05) is 11.3 Å². The monoisotopic (exact) mass is 172 g/mol. The molecule has 2 nitrogen and oxygen atoms in total. The smallest absolute Gasteiger partial charge is 0.167 e. The largest absolute Gasteiger partial charge is 0.349 e. The Morgan fingerprint density at radius 3 is 1.75 bits per heavy atom. The molecule has 1 rings (SSSR count). The Morgan fingerprint density at radius 2 is 1.42 bits per heavy atom. The normalized spacial score (nSPS) is 27.5. The molecule has 2 heteroatoms. The van der Waals surface area contributed by atoms with Crippen molar-refractivity contribution in [2.75, 3.05) is 13.2 Å². The molecule has 0 N–H and O–H groups in total. The first kappa shape index (κ1) is 10.0. The van der Waals surface area contributed by atoms with Crippen molar-refractivity contribution >= 4 is 0 Å². The predicted octanol–water partition coefficient (Wildman–Crippen LogP) is 2.43. The molecule has 1 heterocycles. The van der Waals surface area contributed by atoms with E-state index in [1.807, 2.05) is 6.92 Å². The van der Waals surface area contributed by atoms with Gasteiger partial charge < -0.3 is 9.47 Å². The van der Waals surface area contributed by atoms with Crippen LogP contribution in [-0.2, 0) is 9.47 Å². The van der Waals surface area contributed by atoms with Gasteiger partial charge in [-0.25, -0.2) is 0 Å². The Labute approximate surface area is 75.2 Å². The van der Waals surface area contributed by atoms with Crippen LogP contribution in [0.25, 0.3) is 0 Å². The van der Waals surface area contributed by atoms with E-state index >= 15 is 0 Å². The first-order valence-corrected chi connectivity index (χ1v) is 4.64. The molecule has 72 valence electrons. The van der Waals surface area contributed by atoms with Gasteiger partial charge in [0.05, 0.1) is 13.2 Å². The lowest BCUT2D eigenvalue weighted by Crippen LogP contribution is -2.48. The van der Waals surface area contributed by atoms with E-state index in [9.17, 15) is 0 Å². The molecule has 1 aliphatic rings. The molecule has 0 aromatic carbocycles. The minimum Gasteiger partial charge on any atom is -0.349 e. The Bertz CT molecular complexity index is 151. The first-order chi connectivity index (χ1) is 5.36. The van der Waals surface area contributed by atoms with E-state index in [-0.39, 0.29) is 11.2 Å². The van der Waals surface area contributed by atoms with Gasteiger partial charge in [-0.05, 0) is 6.92 Å². The van der Waals surface area contributed by atoms with E-state index in [1.165, 1.54) is 0 Å². The van der Waals surface area contributed by atoms with Crippen LogP contribution in [-0.4, -0.2) is 19.0 Å². The zero-order valence-electron chi connectivity index (χ0n) is 8.81. The van der Waals surface area contributed by atoms with Gasteiger partial charge >= 0.3 is 0 Å². The summed E-state index contributed by atoms with van der Waals surface area (Å²) >= 11 is 0. The van der Waals surface area contributed by atoms with Crippen LogP contribution in [0.2, 0.25) is 0 Å². The predicted molar refractivity (Wildman–Crippen MR) is 48.9 cm³/mol. The lowest BCUT2D eigenvalue weighted by Gasteiger charge is -2.43. The van der Waals surface area contributed by atoms with Crippen molar-refractivity contribution in [2.24, 2.45) is 11.3 Å². The van der Waals surface area contributed by atoms with Gasteiger partial charge in [0.1, 0.15) is 0 Å². The molecule has 0 bridgehead atoms. The Balaban J connectivity index is 2.55. The zero-order valence-corrected chi connectivity index (χ0v) is 8.81. The van der Waals surface area contributed by atoms with Crippen LogP contribution in [0.3, 0.4) is 0 Å². The summed E-state index contributed by atoms with van der Waals surface area (Å²) in [5.74, 6) is 0.0452. The first-order valence-electron chi connectivity index (χ1n) is 4.64. The third kappa shape index (κ3) is 1.99. The molecular formula is C10H20O2. The highest BCUT2D eigenvalue weighted by Gasteiger charge is 2.38. The van der Waals surface area contributed by atoms with Crippen molar-refractivity contribution in [3.63, 3.8) is 0 Å². The molecule has 1 fully saturated rings. The van der Waals surface area contributed by atoms with Crippen LogP contribution in [0.5, 0.6) is 0 Å². The van der Waals surface area contributed by atoms with Crippen LogP contribution >= 0.6 is 0 Å². The van der Waals surface area contributed by atoms with Crippen LogP contribution in [0.4, 0.5) is 0 Å². The lowest BCUT2D eigenvalue weighted by atomic mass is 9.93. The number of ether oxygens (including phenoxy) is 2. The summed E-state index contributed by atoms with van der Waals surface area (Å²) < 4.78 is 11.4. The number of hydrogen-bond donors (Lipinski definition) is 0. The molecule has 0 saturated carbocycles. The highest BCUT2D eigenvalue weighted by atomic mass is 16.7. The minimum absolute atomic E-state index is 0.175. The van der Waals surface area contributed by atoms with Crippen LogP contribution < -0.4 is 0 Å². The second kappa shape index (κ2) is 3.00. The molecule has 0 unspecified atom stereocenters. The fourth-order valence-electron chi connectivity index (χ4n) is 1.09. The number of rotatable bonds is 1. The van der Waals surface area contributed by atoms with Crippen molar-refractivity contribution in [1.82, 2.24) is 0 Å². The van der Waals surface area contributed by atoms with E-state index < -0.39 is 0 Å². The van der Waals surface area contributed by atoms with Gasteiger partial charge in [0.15, 0.2) is 5.79 Å². The Morgan fingerprint density at radius 1 is 1.00 bits per heavy atom. The average Bonchev–Trinajstić information content (AvgIpc) is 1.96. The summed E-state index contributed by atoms with van der Waals surface area (Å²) in [5, 5.41) is 0. The number of hydrogen-bond acceptors (Lipinski definition) is 2. The highest BCUT2D eigenvalue weighted by Crippen LogP contribution is 2.33. The zero-order chi connectivity index (χ0) is 9.41. The standard InChI is InChI=1S/C10H20O2/c1-8(2)10(5)11-6-9(3,4)7-12-10/h8H,6-7H2,1-5H3. The highest BCUT2D eigenvalue weighted by molar-refractivity contribution is 4.78. The summed E-state index contributed by atoms with van der Waals surface area (Å²) in [4.78, 5) is 0. The third-order valence-electron chi connectivity index (χ3n) is 2.55. The van der Waals surface area contributed by atoms with Gasteiger partial charge in [0.25, 0.3) is 0 Å². The van der Waals surface area contributed by atoms with Crippen molar-refractivity contribution in [3.05, 3.63) is 0 Å². The van der Waals surface area contributed by atoms with Gasteiger partial charge in [-0.15, -0.1) is 0 Å². The molecule has 1 saturated heterocycles. The maximum absolute atomic E-state index is 5.72. The second-order valence-corrected chi connectivity index (χ2v) is 4.91. The SMILES string of the molecule is CC(C)C1(C)OCC(C)(C)CO1. The van der Waals surface area contributed by atoms with Gasteiger partial charge in [0.2, 0.25) is 0 Å². The fraction of sp³-hybridized carbons (Fsp3) is 1.00. The lowest BCUT2D eigenvalue weighted by molar-refractivity contribution is -0.308. The summed E-state index contributed by atoms with van der Waals surface area (Å²) in [6, 6.07) is 0. The molecule has 0 amide bonds. The maximum Gasteiger partial charge on any atom is 0.167 e. The quantitative estimate of drug-likeness (QED) is 0.605. The molecule has 0 aromatic heterocycles. The average molecular weight is 172 g/mol. The minimum atomic E-state index is -0.366. The summed E-state index contributed by atoms with van der Waals surface area (Å²) in [6.07, 6.45) is 0. The van der Waals surface area contributed by atoms with E-state index in [2.05, 4.69) is 27.7 Å². The van der Waals surface area contributed by atoms with Gasteiger partial charge in [-0.1, -0.05) is 27.7 Å². The van der Waals surface area contributed by atoms with Crippen LogP contribution in [0.15, 0.2) is 0 Å². The third-order valence-corrected chi connectivity index (χ3v) is 2.55. The fourth-order valence-corrected chi connectivity index (χ4v) is 1.09. The molecule has 1 aliphatic heterocycles. The Kier molecular flexibility index (Phi) is 2.50. The molecule has 0 atom stereocenters. The van der Waals surface area contributed by atoms with Crippen LogP contribution in [0, 0.1) is 11.3 Å². The van der Waals surface area contributed by atoms with Crippen molar-refractivity contribution in [1.29, 1.82) is 0 Å². The second-order valence-electron chi connectivity index (χ2n) is 4.91. The summed E-state index contributed by atoms with van der Waals surface area (Å²) in [5.41, 5.74) is 0.175. The molecule has 0 aliphatic carbocycles. The molecule has 12 heavy (non-hydrogen) atoms. The van der Waals surface area contributed by atoms with Gasteiger partial charge in [-0.3, -0.25) is 0 Å². The molecule has 0 radical (unpaired) electrons. The van der Waals surface area contributed by atoms with Crippen molar-refractivity contribution in [3.8, 4) is 0 Å². The van der Waals surface area contributed by atoms with Crippen molar-refractivity contribution in [2.45, 2.75) is 40.4 Å². The maximum atomic E-state index is 5.72. The Hall–Kier alpha value is -0.0800. The molecule has 0 spiro atoms.